The molecule has 1 aromatic carbocycles. The Bertz CT molecular complexity index is 482. The molecule has 0 spiro atoms. The Morgan fingerprint density at radius 3 is 2.63 bits per heavy atom. The van der Waals surface area contributed by atoms with Crippen molar-refractivity contribution in [2.45, 2.75) is 52.0 Å². The van der Waals surface area contributed by atoms with Crippen molar-refractivity contribution >= 4 is 11.6 Å². The maximum Gasteiger partial charge on any atom is 0.0438 e. The standard InChI is InChI=1S/C17H24ClN/c1-10-6-16(18)11(2)5-15(10)17(19)9-14-8-12-3-4-13(14)7-12/h5-6,12-14,17H,3-4,7-9,19H2,1-2H3. The second kappa shape index (κ2) is 5.10. The Morgan fingerprint density at radius 1 is 1.21 bits per heavy atom. The van der Waals surface area contributed by atoms with Gasteiger partial charge in [0.25, 0.3) is 0 Å². The average Bonchev–Trinajstić information content (AvgIpc) is 2.95. The van der Waals surface area contributed by atoms with Crippen molar-refractivity contribution in [3.63, 3.8) is 0 Å². The van der Waals surface area contributed by atoms with E-state index in [9.17, 15) is 0 Å². The monoisotopic (exact) mass is 277 g/mol. The molecule has 3 rings (SSSR count). The van der Waals surface area contributed by atoms with Crippen molar-refractivity contribution in [3.8, 4) is 0 Å². The molecule has 2 bridgehead atoms. The predicted octanol–water partition coefficient (Wildman–Crippen LogP) is 4.78. The maximum atomic E-state index is 6.48. The molecular formula is C17H24ClN. The van der Waals surface area contributed by atoms with Crippen LogP contribution in [-0.4, -0.2) is 0 Å². The molecule has 0 aromatic heterocycles. The summed E-state index contributed by atoms with van der Waals surface area (Å²) in [5.41, 5.74) is 10.2. The summed E-state index contributed by atoms with van der Waals surface area (Å²) in [7, 11) is 0. The van der Waals surface area contributed by atoms with Crippen molar-refractivity contribution in [1.29, 1.82) is 0 Å². The molecule has 19 heavy (non-hydrogen) atoms. The molecule has 2 heteroatoms. The first kappa shape index (κ1) is 13.5. The Kier molecular flexibility index (Phi) is 3.61. The molecule has 0 amide bonds. The molecule has 2 aliphatic carbocycles. The molecular weight excluding hydrogens is 254 g/mol. The van der Waals surface area contributed by atoms with E-state index in [2.05, 4.69) is 26.0 Å². The zero-order valence-electron chi connectivity index (χ0n) is 12.0. The van der Waals surface area contributed by atoms with Gasteiger partial charge >= 0.3 is 0 Å². The second-order valence-electron chi connectivity index (χ2n) is 6.74. The lowest BCUT2D eigenvalue weighted by molar-refractivity contribution is 0.296. The van der Waals surface area contributed by atoms with Crippen molar-refractivity contribution in [2.24, 2.45) is 23.5 Å². The van der Waals surface area contributed by atoms with E-state index < -0.39 is 0 Å². The maximum absolute atomic E-state index is 6.48. The van der Waals surface area contributed by atoms with Gasteiger partial charge in [-0.1, -0.05) is 24.1 Å². The third kappa shape index (κ3) is 2.55. The van der Waals surface area contributed by atoms with E-state index in [1.54, 1.807) is 0 Å². The van der Waals surface area contributed by atoms with Crippen LogP contribution < -0.4 is 5.73 Å². The smallest absolute Gasteiger partial charge is 0.0438 e. The Balaban J connectivity index is 1.73. The number of hydrogen-bond acceptors (Lipinski definition) is 1. The van der Waals surface area contributed by atoms with Crippen molar-refractivity contribution in [3.05, 3.63) is 33.8 Å². The van der Waals surface area contributed by atoms with Gasteiger partial charge in [0.15, 0.2) is 0 Å². The minimum atomic E-state index is 0.181. The van der Waals surface area contributed by atoms with Gasteiger partial charge in [-0.15, -0.1) is 0 Å². The van der Waals surface area contributed by atoms with E-state index in [-0.39, 0.29) is 6.04 Å². The van der Waals surface area contributed by atoms with Crippen LogP contribution in [0.3, 0.4) is 0 Å². The highest BCUT2D eigenvalue weighted by molar-refractivity contribution is 6.31. The fourth-order valence-electron chi connectivity index (χ4n) is 4.32. The van der Waals surface area contributed by atoms with E-state index in [4.69, 9.17) is 17.3 Å². The van der Waals surface area contributed by atoms with Crippen LogP contribution in [0.4, 0.5) is 0 Å². The Morgan fingerprint density at radius 2 is 2.00 bits per heavy atom. The summed E-state index contributed by atoms with van der Waals surface area (Å²) >= 11 is 6.17. The van der Waals surface area contributed by atoms with Gasteiger partial charge in [0, 0.05) is 11.1 Å². The van der Waals surface area contributed by atoms with Crippen LogP contribution in [0.25, 0.3) is 0 Å². The zero-order chi connectivity index (χ0) is 13.6. The summed E-state index contributed by atoms with van der Waals surface area (Å²) in [6, 6.07) is 4.43. The van der Waals surface area contributed by atoms with Gasteiger partial charge in [0.05, 0.1) is 0 Å². The minimum Gasteiger partial charge on any atom is -0.324 e. The van der Waals surface area contributed by atoms with Crippen LogP contribution in [-0.2, 0) is 0 Å². The van der Waals surface area contributed by atoms with Crippen molar-refractivity contribution in [1.82, 2.24) is 0 Å². The molecule has 0 radical (unpaired) electrons. The first-order chi connectivity index (χ1) is 9.04. The van der Waals surface area contributed by atoms with Crippen LogP contribution >= 0.6 is 11.6 Å². The van der Waals surface area contributed by atoms with Crippen LogP contribution in [0.15, 0.2) is 12.1 Å². The Labute approximate surface area is 121 Å². The summed E-state index contributed by atoms with van der Waals surface area (Å²) < 4.78 is 0. The van der Waals surface area contributed by atoms with Gasteiger partial charge in [-0.25, -0.2) is 0 Å². The minimum absolute atomic E-state index is 0.181. The predicted molar refractivity (Wildman–Crippen MR) is 81.4 cm³/mol. The number of nitrogens with two attached hydrogens (primary N) is 1. The highest BCUT2D eigenvalue weighted by atomic mass is 35.5. The lowest BCUT2D eigenvalue weighted by atomic mass is 9.82. The molecule has 4 atom stereocenters. The van der Waals surface area contributed by atoms with Crippen LogP contribution in [0.1, 0.15) is 54.8 Å². The average molecular weight is 278 g/mol. The molecule has 2 aliphatic rings. The zero-order valence-corrected chi connectivity index (χ0v) is 12.7. The molecule has 0 saturated heterocycles. The third-order valence-electron chi connectivity index (χ3n) is 5.39. The third-order valence-corrected chi connectivity index (χ3v) is 5.80. The fourth-order valence-corrected chi connectivity index (χ4v) is 4.54. The van der Waals surface area contributed by atoms with Crippen LogP contribution in [0.2, 0.25) is 5.02 Å². The molecule has 4 unspecified atom stereocenters. The number of benzene rings is 1. The van der Waals surface area contributed by atoms with Gasteiger partial charge in [-0.05, 0) is 80.0 Å². The first-order valence-corrected chi connectivity index (χ1v) is 7.94. The molecule has 104 valence electrons. The topological polar surface area (TPSA) is 26.0 Å². The highest BCUT2D eigenvalue weighted by Crippen LogP contribution is 2.50. The number of rotatable bonds is 3. The molecule has 1 aromatic rings. The van der Waals surface area contributed by atoms with Gasteiger partial charge in [-0.3, -0.25) is 0 Å². The Hall–Kier alpha value is -0.530. The van der Waals surface area contributed by atoms with Crippen molar-refractivity contribution in [2.75, 3.05) is 0 Å². The molecule has 2 N–H and O–H groups in total. The fraction of sp³-hybridized carbons (Fsp3) is 0.647. The highest BCUT2D eigenvalue weighted by Gasteiger charge is 2.39. The summed E-state index contributed by atoms with van der Waals surface area (Å²) in [5, 5.41) is 0.855. The second-order valence-corrected chi connectivity index (χ2v) is 7.14. The molecule has 1 nitrogen and oxygen atoms in total. The van der Waals surface area contributed by atoms with Gasteiger partial charge in [0.2, 0.25) is 0 Å². The lowest BCUT2D eigenvalue weighted by Crippen LogP contribution is -2.20. The van der Waals surface area contributed by atoms with E-state index in [1.807, 2.05) is 0 Å². The quantitative estimate of drug-likeness (QED) is 0.845. The van der Waals surface area contributed by atoms with E-state index >= 15 is 0 Å². The summed E-state index contributed by atoms with van der Waals surface area (Å²) in [6.07, 6.45) is 6.96. The SMILES string of the molecule is Cc1cc(C(N)CC2CC3CCC2C3)c(C)cc1Cl. The van der Waals surface area contributed by atoms with E-state index in [0.717, 1.165) is 34.8 Å². The van der Waals surface area contributed by atoms with Crippen LogP contribution in [0, 0.1) is 31.6 Å². The van der Waals surface area contributed by atoms with Gasteiger partial charge < -0.3 is 5.73 Å². The van der Waals surface area contributed by atoms with Gasteiger partial charge in [0.1, 0.15) is 0 Å². The largest absolute Gasteiger partial charge is 0.324 e. The van der Waals surface area contributed by atoms with Crippen molar-refractivity contribution < 1.29 is 0 Å². The number of fused-ring (bicyclic) bond motifs is 2. The van der Waals surface area contributed by atoms with E-state index in [1.165, 1.54) is 36.8 Å². The van der Waals surface area contributed by atoms with Gasteiger partial charge in [-0.2, -0.15) is 0 Å². The lowest BCUT2D eigenvalue weighted by Gasteiger charge is -2.26. The molecule has 0 heterocycles. The summed E-state index contributed by atoms with van der Waals surface area (Å²) in [6.45, 7) is 4.19. The van der Waals surface area contributed by atoms with E-state index in [0.29, 0.717) is 0 Å². The first-order valence-electron chi connectivity index (χ1n) is 7.57. The number of aryl methyl sites for hydroxylation is 2. The number of halogens is 1. The summed E-state index contributed by atoms with van der Waals surface area (Å²) in [4.78, 5) is 0. The normalized spacial score (nSPS) is 30.8. The molecule has 0 aliphatic heterocycles. The molecule has 2 saturated carbocycles. The van der Waals surface area contributed by atoms with Crippen LogP contribution in [0.5, 0.6) is 0 Å². The molecule has 2 fully saturated rings. The number of hydrogen-bond donors (Lipinski definition) is 1. The summed E-state index contributed by atoms with van der Waals surface area (Å²) in [5.74, 6) is 2.84.